The number of hydrogen-bond donors (Lipinski definition) is 1. The summed E-state index contributed by atoms with van der Waals surface area (Å²) in [6.45, 7) is 8.14. The Morgan fingerprint density at radius 3 is 1.88 bits per heavy atom. The van der Waals surface area contributed by atoms with E-state index in [1.165, 1.54) is 11.3 Å². The Kier molecular flexibility index (Phi) is 4.79. The number of carbonyl (C=O) groups is 2. The lowest BCUT2D eigenvalue weighted by Gasteiger charge is -2.16. The van der Waals surface area contributed by atoms with Crippen LogP contribution in [0.25, 0.3) is 21.6 Å². The average molecular weight is 364 g/mol. The highest BCUT2D eigenvalue weighted by Crippen LogP contribution is 2.37. The second-order valence-corrected chi connectivity index (χ2v) is 7.69. The van der Waals surface area contributed by atoms with Crippen molar-refractivity contribution < 1.29 is 14.7 Å². The number of carbonyl (C=O) groups excluding carboxylic acids is 1. The van der Waals surface area contributed by atoms with Gasteiger partial charge in [0.25, 0.3) is 0 Å². The molecule has 0 radical (unpaired) electrons. The third kappa shape index (κ3) is 3.20. The van der Waals surface area contributed by atoms with Gasteiger partial charge in [0.15, 0.2) is 0 Å². The van der Waals surface area contributed by atoms with Crippen molar-refractivity contribution in [1.82, 2.24) is 0 Å². The summed E-state index contributed by atoms with van der Waals surface area (Å²) in [6, 6.07) is 11.6. The molecule has 0 saturated carbocycles. The SMILES string of the molecule is Cc1cc(C=O)cc(C)c1-c1cc(C)c(-c2ccc(C(=O)O)s2)c(C)c1. The largest absolute Gasteiger partial charge is 0.477 e. The summed E-state index contributed by atoms with van der Waals surface area (Å²) in [5.41, 5.74) is 8.40. The molecular weight excluding hydrogens is 344 g/mol. The average Bonchev–Trinajstić information content (AvgIpc) is 3.03. The van der Waals surface area contributed by atoms with Gasteiger partial charge >= 0.3 is 5.97 Å². The van der Waals surface area contributed by atoms with Gasteiger partial charge < -0.3 is 5.11 Å². The third-order valence-electron chi connectivity index (χ3n) is 4.58. The van der Waals surface area contributed by atoms with Crippen LogP contribution >= 0.6 is 11.3 Å². The number of thiophene rings is 1. The van der Waals surface area contributed by atoms with E-state index in [9.17, 15) is 9.59 Å². The summed E-state index contributed by atoms with van der Waals surface area (Å²) < 4.78 is 0. The highest BCUT2D eigenvalue weighted by molar-refractivity contribution is 7.17. The number of hydrogen-bond acceptors (Lipinski definition) is 3. The number of carboxylic acids is 1. The minimum atomic E-state index is -0.894. The van der Waals surface area contributed by atoms with Gasteiger partial charge in [-0.1, -0.05) is 12.1 Å². The van der Waals surface area contributed by atoms with Gasteiger partial charge in [-0.3, -0.25) is 4.79 Å². The van der Waals surface area contributed by atoms with Crippen LogP contribution in [-0.2, 0) is 0 Å². The lowest BCUT2D eigenvalue weighted by molar-refractivity contribution is 0.0702. The molecule has 0 bridgehead atoms. The molecular formula is C22H20O3S. The maximum Gasteiger partial charge on any atom is 0.345 e. The lowest BCUT2D eigenvalue weighted by Crippen LogP contribution is -1.95. The Hall–Kier alpha value is -2.72. The van der Waals surface area contributed by atoms with Gasteiger partial charge in [0, 0.05) is 10.4 Å². The molecule has 3 rings (SSSR count). The van der Waals surface area contributed by atoms with E-state index in [2.05, 4.69) is 26.0 Å². The van der Waals surface area contributed by atoms with Crippen LogP contribution in [0.2, 0.25) is 0 Å². The van der Waals surface area contributed by atoms with Crippen LogP contribution in [0.15, 0.2) is 36.4 Å². The molecule has 4 heteroatoms. The van der Waals surface area contributed by atoms with Gasteiger partial charge in [-0.25, -0.2) is 4.79 Å². The zero-order valence-electron chi connectivity index (χ0n) is 15.2. The Morgan fingerprint density at radius 2 is 1.42 bits per heavy atom. The van der Waals surface area contributed by atoms with E-state index < -0.39 is 5.97 Å². The molecule has 0 atom stereocenters. The molecule has 2 aromatic carbocycles. The van der Waals surface area contributed by atoms with E-state index in [0.717, 1.165) is 50.1 Å². The predicted molar refractivity (Wildman–Crippen MR) is 106 cm³/mol. The van der Waals surface area contributed by atoms with Crippen molar-refractivity contribution in [2.75, 3.05) is 0 Å². The van der Waals surface area contributed by atoms with E-state index in [-0.39, 0.29) is 0 Å². The molecule has 0 aliphatic carbocycles. The number of carboxylic acid groups (broad SMARTS) is 1. The summed E-state index contributed by atoms with van der Waals surface area (Å²) in [7, 11) is 0. The maximum absolute atomic E-state index is 11.2. The summed E-state index contributed by atoms with van der Waals surface area (Å²) in [4.78, 5) is 23.6. The van der Waals surface area contributed by atoms with Crippen LogP contribution < -0.4 is 0 Å². The standard InChI is InChI=1S/C22H20O3S/c1-12-7-16(11-23)8-13(2)20(12)17-9-14(3)21(15(4)10-17)18-5-6-19(26-18)22(24)25/h5-11H,1-4H3,(H,24,25). The van der Waals surface area contributed by atoms with Gasteiger partial charge in [0.2, 0.25) is 0 Å². The van der Waals surface area contributed by atoms with Gasteiger partial charge in [-0.05, 0) is 90.9 Å². The first-order chi connectivity index (χ1) is 12.3. The summed E-state index contributed by atoms with van der Waals surface area (Å²) >= 11 is 1.30. The highest BCUT2D eigenvalue weighted by atomic mass is 32.1. The topological polar surface area (TPSA) is 54.4 Å². The van der Waals surface area contributed by atoms with Gasteiger partial charge in [0.05, 0.1) is 0 Å². The molecule has 132 valence electrons. The number of aromatic carboxylic acids is 1. The molecule has 0 unspecified atom stereocenters. The second kappa shape index (κ2) is 6.89. The molecule has 1 aromatic heterocycles. The summed E-state index contributed by atoms with van der Waals surface area (Å²) in [5.74, 6) is -0.894. The Labute approximate surface area is 156 Å². The van der Waals surface area contributed by atoms with Crippen molar-refractivity contribution in [2.45, 2.75) is 27.7 Å². The first kappa shape index (κ1) is 18.1. The molecule has 0 spiro atoms. The Bertz CT molecular complexity index is 982. The van der Waals surface area contributed by atoms with Gasteiger partial charge in [0.1, 0.15) is 11.2 Å². The van der Waals surface area contributed by atoms with Crippen molar-refractivity contribution >= 4 is 23.6 Å². The Balaban J connectivity index is 2.13. The first-order valence-corrected chi connectivity index (χ1v) is 9.15. The number of benzene rings is 2. The highest BCUT2D eigenvalue weighted by Gasteiger charge is 2.15. The van der Waals surface area contributed by atoms with Crippen molar-refractivity contribution in [1.29, 1.82) is 0 Å². The molecule has 1 heterocycles. The second-order valence-electron chi connectivity index (χ2n) is 6.60. The van der Waals surface area contributed by atoms with Crippen molar-refractivity contribution in [3.63, 3.8) is 0 Å². The summed E-state index contributed by atoms with van der Waals surface area (Å²) in [6.07, 6.45) is 0.875. The van der Waals surface area contributed by atoms with E-state index in [0.29, 0.717) is 10.4 Å². The van der Waals surface area contributed by atoms with Crippen molar-refractivity contribution in [2.24, 2.45) is 0 Å². The minimum absolute atomic E-state index is 0.346. The maximum atomic E-state index is 11.2. The van der Waals surface area contributed by atoms with Crippen LogP contribution in [0.3, 0.4) is 0 Å². The fourth-order valence-corrected chi connectivity index (χ4v) is 4.62. The first-order valence-electron chi connectivity index (χ1n) is 8.33. The van der Waals surface area contributed by atoms with E-state index in [4.69, 9.17) is 5.11 Å². The van der Waals surface area contributed by atoms with Crippen LogP contribution in [0.4, 0.5) is 0 Å². The molecule has 3 nitrogen and oxygen atoms in total. The third-order valence-corrected chi connectivity index (χ3v) is 5.67. The molecule has 3 aromatic rings. The number of rotatable bonds is 4. The fraction of sp³-hybridized carbons (Fsp3) is 0.182. The molecule has 0 fully saturated rings. The molecule has 0 aliphatic rings. The zero-order valence-corrected chi connectivity index (χ0v) is 16.0. The molecule has 0 saturated heterocycles. The lowest BCUT2D eigenvalue weighted by atomic mass is 9.89. The van der Waals surface area contributed by atoms with E-state index in [1.807, 2.05) is 32.0 Å². The quantitative estimate of drug-likeness (QED) is 0.593. The number of aldehydes is 1. The van der Waals surface area contributed by atoms with Crippen molar-refractivity contribution in [3.8, 4) is 21.6 Å². The van der Waals surface area contributed by atoms with Crippen LogP contribution in [0, 0.1) is 27.7 Å². The van der Waals surface area contributed by atoms with Crippen LogP contribution in [-0.4, -0.2) is 17.4 Å². The van der Waals surface area contributed by atoms with E-state index in [1.54, 1.807) is 6.07 Å². The van der Waals surface area contributed by atoms with Crippen molar-refractivity contribution in [3.05, 3.63) is 69.1 Å². The van der Waals surface area contributed by atoms with Gasteiger partial charge in [-0.2, -0.15) is 0 Å². The number of aryl methyl sites for hydroxylation is 4. The predicted octanol–water partition coefficient (Wildman–Crippen LogP) is 5.83. The molecule has 26 heavy (non-hydrogen) atoms. The zero-order chi connectivity index (χ0) is 19.0. The van der Waals surface area contributed by atoms with E-state index >= 15 is 0 Å². The molecule has 0 amide bonds. The summed E-state index contributed by atoms with van der Waals surface area (Å²) in [5, 5.41) is 9.17. The minimum Gasteiger partial charge on any atom is -0.477 e. The van der Waals surface area contributed by atoms with Crippen LogP contribution in [0.1, 0.15) is 42.3 Å². The monoisotopic (exact) mass is 364 g/mol. The van der Waals surface area contributed by atoms with Crippen LogP contribution in [0.5, 0.6) is 0 Å². The fourth-order valence-electron chi connectivity index (χ4n) is 3.60. The molecule has 1 N–H and O–H groups in total. The normalized spacial score (nSPS) is 10.8. The smallest absolute Gasteiger partial charge is 0.345 e. The van der Waals surface area contributed by atoms with Gasteiger partial charge in [-0.15, -0.1) is 11.3 Å². The Morgan fingerprint density at radius 1 is 0.885 bits per heavy atom. The molecule has 0 aliphatic heterocycles.